The summed E-state index contributed by atoms with van der Waals surface area (Å²) >= 11 is 0. The second-order valence-corrected chi connectivity index (χ2v) is 5.49. The second-order valence-electron chi connectivity index (χ2n) is 5.49. The molecule has 2 heterocycles. The van der Waals surface area contributed by atoms with E-state index in [2.05, 4.69) is 5.32 Å². The van der Waals surface area contributed by atoms with Crippen molar-refractivity contribution >= 4 is 11.8 Å². The Balaban J connectivity index is 1.93. The minimum absolute atomic E-state index is 0.0695. The van der Waals surface area contributed by atoms with Crippen LogP contribution in [0.1, 0.15) is 12.8 Å². The number of nitrogens with one attached hydrogen (secondary N) is 1. The second kappa shape index (κ2) is 6.34. The molecular formula is C13H24N4O2. The molecule has 2 aliphatic rings. The van der Waals surface area contributed by atoms with Crippen molar-refractivity contribution in [2.45, 2.75) is 18.9 Å². The van der Waals surface area contributed by atoms with Crippen LogP contribution < -0.4 is 5.32 Å². The lowest BCUT2D eigenvalue weighted by Gasteiger charge is -2.33. The van der Waals surface area contributed by atoms with Gasteiger partial charge in [-0.05, 0) is 19.4 Å². The number of hydrogen-bond donors (Lipinski definition) is 1. The van der Waals surface area contributed by atoms with E-state index in [4.69, 9.17) is 0 Å². The molecule has 6 nitrogen and oxygen atoms in total. The molecule has 0 radical (unpaired) electrons. The maximum absolute atomic E-state index is 12.5. The number of nitrogens with zero attached hydrogens (tertiary/aromatic N) is 3. The van der Waals surface area contributed by atoms with E-state index < -0.39 is 0 Å². The highest BCUT2D eigenvalue weighted by molar-refractivity contribution is 5.84. The Labute approximate surface area is 114 Å². The fourth-order valence-corrected chi connectivity index (χ4v) is 2.71. The normalized spacial score (nSPS) is 24.5. The van der Waals surface area contributed by atoms with Gasteiger partial charge in [-0.2, -0.15) is 0 Å². The highest BCUT2D eigenvalue weighted by atomic mass is 16.2. The van der Waals surface area contributed by atoms with Crippen molar-refractivity contribution in [3.63, 3.8) is 0 Å². The molecule has 2 rings (SSSR count). The molecule has 0 aromatic rings. The molecule has 19 heavy (non-hydrogen) atoms. The molecular weight excluding hydrogens is 244 g/mol. The summed E-state index contributed by atoms with van der Waals surface area (Å²) in [5, 5.41) is 3.25. The molecule has 0 aliphatic carbocycles. The molecule has 108 valence electrons. The molecule has 2 amide bonds. The Kier molecular flexibility index (Phi) is 4.76. The third-order valence-electron chi connectivity index (χ3n) is 3.91. The number of hydrogen-bond acceptors (Lipinski definition) is 4. The maximum atomic E-state index is 12.5. The molecule has 0 saturated carbocycles. The molecule has 0 spiro atoms. The summed E-state index contributed by atoms with van der Waals surface area (Å²) in [4.78, 5) is 29.8. The van der Waals surface area contributed by atoms with Crippen molar-refractivity contribution in [2.75, 3.05) is 53.4 Å². The number of likely N-dealkylation sites (N-methyl/N-ethyl adjacent to an activating group) is 1. The van der Waals surface area contributed by atoms with Crippen LogP contribution in [0.2, 0.25) is 0 Å². The van der Waals surface area contributed by atoms with Crippen molar-refractivity contribution in [2.24, 2.45) is 0 Å². The average Bonchev–Trinajstić information content (AvgIpc) is 2.87. The molecule has 0 bridgehead atoms. The number of piperazine rings is 1. The lowest BCUT2D eigenvalue weighted by molar-refractivity contribution is -0.138. The largest absolute Gasteiger partial charge is 0.348 e. The first kappa shape index (κ1) is 14.3. The van der Waals surface area contributed by atoms with Crippen molar-refractivity contribution < 1.29 is 9.59 Å². The molecule has 2 aliphatic heterocycles. The third kappa shape index (κ3) is 3.45. The predicted octanol–water partition coefficient (Wildman–Crippen LogP) is -1.03. The van der Waals surface area contributed by atoms with E-state index in [-0.39, 0.29) is 17.9 Å². The zero-order chi connectivity index (χ0) is 13.8. The summed E-state index contributed by atoms with van der Waals surface area (Å²) in [7, 11) is 3.51. The number of carbonyl (C=O) groups excluding carboxylic acids is 2. The van der Waals surface area contributed by atoms with Gasteiger partial charge < -0.3 is 15.1 Å². The van der Waals surface area contributed by atoms with Crippen molar-refractivity contribution in [1.82, 2.24) is 20.0 Å². The Morgan fingerprint density at radius 2 is 1.89 bits per heavy atom. The fraction of sp³-hybridized carbons (Fsp3) is 0.846. The van der Waals surface area contributed by atoms with E-state index in [0.717, 1.165) is 45.6 Å². The zero-order valence-corrected chi connectivity index (χ0v) is 11.9. The lowest BCUT2D eigenvalue weighted by atomic mass is 10.1. The van der Waals surface area contributed by atoms with E-state index in [9.17, 15) is 9.59 Å². The van der Waals surface area contributed by atoms with E-state index in [1.54, 1.807) is 19.0 Å². The van der Waals surface area contributed by atoms with Crippen molar-refractivity contribution in [1.29, 1.82) is 0 Å². The van der Waals surface area contributed by atoms with Gasteiger partial charge in [-0.1, -0.05) is 0 Å². The summed E-state index contributed by atoms with van der Waals surface area (Å²) in [6.45, 7) is 4.51. The van der Waals surface area contributed by atoms with Crippen molar-refractivity contribution in [3.05, 3.63) is 0 Å². The first-order valence-electron chi connectivity index (χ1n) is 7.03. The summed E-state index contributed by atoms with van der Waals surface area (Å²) in [5.41, 5.74) is 0. The summed E-state index contributed by atoms with van der Waals surface area (Å²) in [6, 6.07) is -0.0954. The van der Waals surface area contributed by atoms with Gasteiger partial charge in [-0.25, -0.2) is 0 Å². The van der Waals surface area contributed by atoms with Crippen LogP contribution in [0.4, 0.5) is 0 Å². The van der Waals surface area contributed by atoms with E-state index >= 15 is 0 Å². The standard InChI is InChI=1S/C13H24N4O2/c1-15(2)12(18)10-17-7-3-4-11(17)13(19)16-8-5-14-6-9-16/h11,14H,3-10H2,1-2H3. The van der Waals surface area contributed by atoms with Gasteiger partial charge in [0.25, 0.3) is 0 Å². The van der Waals surface area contributed by atoms with Crippen LogP contribution >= 0.6 is 0 Å². The van der Waals surface area contributed by atoms with E-state index in [0.29, 0.717) is 6.54 Å². The molecule has 1 N–H and O–H groups in total. The van der Waals surface area contributed by atoms with Gasteiger partial charge in [-0.15, -0.1) is 0 Å². The van der Waals surface area contributed by atoms with Crippen LogP contribution in [-0.4, -0.2) is 85.9 Å². The monoisotopic (exact) mass is 268 g/mol. The topological polar surface area (TPSA) is 55.9 Å². The SMILES string of the molecule is CN(C)C(=O)CN1CCCC1C(=O)N1CCNCC1. The smallest absolute Gasteiger partial charge is 0.240 e. The third-order valence-corrected chi connectivity index (χ3v) is 3.91. The Morgan fingerprint density at radius 1 is 1.21 bits per heavy atom. The van der Waals surface area contributed by atoms with Crippen LogP contribution in [0, 0.1) is 0 Å². The number of rotatable bonds is 3. The fourth-order valence-electron chi connectivity index (χ4n) is 2.71. The predicted molar refractivity (Wildman–Crippen MR) is 72.7 cm³/mol. The average molecular weight is 268 g/mol. The summed E-state index contributed by atoms with van der Waals surface area (Å²) < 4.78 is 0. The van der Waals surface area contributed by atoms with Gasteiger partial charge in [-0.3, -0.25) is 14.5 Å². The highest BCUT2D eigenvalue weighted by Crippen LogP contribution is 2.19. The molecule has 6 heteroatoms. The van der Waals surface area contributed by atoms with Crippen LogP contribution in [0.3, 0.4) is 0 Å². The van der Waals surface area contributed by atoms with Crippen LogP contribution in [-0.2, 0) is 9.59 Å². The van der Waals surface area contributed by atoms with E-state index in [1.165, 1.54) is 0 Å². The minimum Gasteiger partial charge on any atom is -0.348 e. The van der Waals surface area contributed by atoms with Crippen LogP contribution in [0.5, 0.6) is 0 Å². The zero-order valence-electron chi connectivity index (χ0n) is 11.9. The molecule has 1 atom stereocenters. The molecule has 2 fully saturated rings. The van der Waals surface area contributed by atoms with Gasteiger partial charge in [0.1, 0.15) is 0 Å². The van der Waals surface area contributed by atoms with Gasteiger partial charge in [0.2, 0.25) is 11.8 Å². The van der Waals surface area contributed by atoms with Crippen molar-refractivity contribution in [3.8, 4) is 0 Å². The van der Waals surface area contributed by atoms with Gasteiger partial charge in [0.05, 0.1) is 12.6 Å². The van der Waals surface area contributed by atoms with Crippen LogP contribution in [0.25, 0.3) is 0 Å². The Hall–Kier alpha value is -1.14. The summed E-state index contributed by atoms with van der Waals surface area (Å²) in [6.07, 6.45) is 1.88. The van der Waals surface area contributed by atoms with Gasteiger partial charge in [0.15, 0.2) is 0 Å². The summed E-state index contributed by atoms with van der Waals surface area (Å²) in [5.74, 6) is 0.269. The maximum Gasteiger partial charge on any atom is 0.240 e. The number of amides is 2. The van der Waals surface area contributed by atoms with Gasteiger partial charge >= 0.3 is 0 Å². The highest BCUT2D eigenvalue weighted by Gasteiger charge is 2.35. The quantitative estimate of drug-likeness (QED) is 0.711. The van der Waals surface area contributed by atoms with E-state index in [1.807, 2.05) is 9.80 Å². The number of carbonyl (C=O) groups is 2. The molecule has 0 aromatic heterocycles. The first-order chi connectivity index (χ1) is 9.09. The Bertz CT molecular complexity index is 340. The molecule has 0 aromatic carbocycles. The molecule has 1 unspecified atom stereocenters. The Morgan fingerprint density at radius 3 is 2.53 bits per heavy atom. The molecule has 2 saturated heterocycles. The first-order valence-corrected chi connectivity index (χ1v) is 7.03. The lowest BCUT2D eigenvalue weighted by Crippen LogP contribution is -2.53. The minimum atomic E-state index is -0.0954. The van der Waals surface area contributed by atoms with Gasteiger partial charge in [0, 0.05) is 40.3 Å². The van der Waals surface area contributed by atoms with Crippen LogP contribution in [0.15, 0.2) is 0 Å². The number of likely N-dealkylation sites (tertiary alicyclic amines) is 1.